The summed E-state index contributed by atoms with van der Waals surface area (Å²) in [7, 11) is 0. The van der Waals surface area contributed by atoms with E-state index < -0.39 is 23.0 Å². The molecule has 0 saturated heterocycles. The number of anilines is 1. The van der Waals surface area contributed by atoms with Gasteiger partial charge in [-0.05, 0) is 24.6 Å². The van der Waals surface area contributed by atoms with Crippen LogP contribution < -0.4 is 4.90 Å². The van der Waals surface area contributed by atoms with Gasteiger partial charge in [0.2, 0.25) is 0 Å². The number of carbonyl (C=O) groups is 2. The Balaban J connectivity index is 2.21. The number of hydrogen-bond acceptors (Lipinski definition) is 5. The molecule has 0 fully saturated rings. The van der Waals surface area contributed by atoms with Crippen molar-refractivity contribution in [3.8, 4) is 0 Å². The molecule has 2 aromatic carbocycles. The van der Waals surface area contributed by atoms with Crippen molar-refractivity contribution in [1.82, 2.24) is 0 Å². The monoisotopic (exact) mass is 344 g/mol. The van der Waals surface area contributed by atoms with Crippen molar-refractivity contribution in [2.45, 2.75) is 19.6 Å². The zero-order chi connectivity index (χ0) is 18.4. The molecule has 1 N–H and O–H groups in total. The van der Waals surface area contributed by atoms with Crippen LogP contribution >= 0.6 is 0 Å². The quantitative estimate of drug-likeness (QED) is 0.636. The lowest BCUT2D eigenvalue weighted by molar-refractivity contribution is -0.384. The Hall–Kier alpha value is -3.42. The molecule has 8 heteroatoms. The molecule has 0 bridgehead atoms. The molecule has 0 radical (unpaired) electrons. The Labute approximate surface area is 143 Å². The van der Waals surface area contributed by atoms with Gasteiger partial charge in [0.25, 0.3) is 5.69 Å². The minimum atomic E-state index is -1.23. The van der Waals surface area contributed by atoms with Gasteiger partial charge in [0.1, 0.15) is 12.6 Å². The van der Waals surface area contributed by atoms with E-state index >= 15 is 0 Å². The van der Waals surface area contributed by atoms with Crippen LogP contribution in [0.1, 0.15) is 12.5 Å². The van der Waals surface area contributed by atoms with E-state index in [0.29, 0.717) is 0 Å². The van der Waals surface area contributed by atoms with Crippen molar-refractivity contribution < 1.29 is 24.4 Å². The average molecular weight is 344 g/mol. The van der Waals surface area contributed by atoms with Crippen molar-refractivity contribution in [2.75, 3.05) is 4.90 Å². The average Bonchev–Trinajstić information content (AvgIpc) is 2.61. The van der Waals surface area contributed by atoms with Crippen molar-refractivity contribution in [1.29, 1.82) is 0 Å². The van der Waals surface area contributed by atoms with E-state index in [-0.39, 0.29) is 18.0 Å². The minimum absolute atomic E-state index is 0.0184. The summed E-state index contributed by atoms with van der Waals surface area (Å²) in [5, 5.41) is 20.0. The first-order valence-electron chi connectivity index (χ1n) is 7.37. The van der Waals surface area contributed by atoms with Gasteiger partial charge < -0.3 is 9.84 Å². The van der Waals surface area contributed by atoms with Gasteiger partial charge in [-0.25, -0.2) is 9.59 Å². The summed E-state index contributed by atoms with van der Waals surface area (Å²) in [6, 6.07) is 12.7. The fourth-order valence-corrected chi connectivity index (χ4v) is 2.12. The molecular formula is C17H16N2O6. The summed E-state index contributed by atoms with van der Waals surface area (Å²) in [6.07, 6.45) is -0.854. The lowest BCUT2D eigenvalue weighted by Gasteiger charge is -2.25. The molecule has 0 aliphatic carbocycles. The Morgan fingerprint density at radius 3 is 2.28 bits per heavy atom. The molecule has 0 aliphatic heterocycles. The molecule has 0 spiro atoms. The van der Waals surface area contributed by atoms with Crippen LogP contribution in [0.25, 0.3) is 0 Å². The molecule has 130 valence electrons. The highest BCUT2D eigenvalue weighted by molar-refractivity contribution is 5.95. The van der Waals surface area contributed by atoms with E-state index in [1.54, 1.807) is 24.3 Å². The van der Waals surface area contributed by atoms with Gasteiger partial charge in [0.15, 0.2) is 0 Å². The molecule has 0 aliphatic rings. The number of benzene rings is 2. The van der Waals surface area contributed by atoms with Crippen molar-refractivity contribution >= 4 is 23.4 Å². The minimum Gasteiger partial charge on any atom is -0.480 e. The summed E-state index contributed by atoms with van der Waals surface area (Å²) in [5.41, 5.74) is 0.783. The second-order valence-electron chi connectivity index (χ2n) is 5.20. The van der Waals surface area contributed by atoms with E-state index in [1.165, 1.54) is 31.2 Å². The lowest BCUT2D eigenvalue weighted by Crippen LogP contribution is -2.43. The smallest absolute Gasteiger partial charge is 0.415 e. The molecule has 1 atom stereocenters. The van der Waals surface area contributed by atoms with E-state index in [0.717, 1.165) is 10.5 Å². The topological polar surface area (TPSA) is 110 Å². The Morgan fingerprint density at radius 2 is 1.76 bits per heavy atom. The molecule has 0 heterocycles. The fraction of sp³-hybridized carbons (Fsp3) is 0.176. The van der Waals surface area contributed by atoms with Gasteiger partial charge in [0.05, 0.1) is 4.92 Å². The first kappa shape index (κ1) is 17.9. The number of ether oxygens (including phenoxy) is 1. The molecule has 2 rings (SSSR count). The predicted octanol–water partition coefficient (Wildman–Crippen LogP) is 3.21. The fourth-order valence-electron chi connectivity index (χ4n) is 2.12. The number of non-ortho nitro benzene ring substituents is 1. The SMILES string of the molecule is C[C@@H](C(=O)O)N(C(=O)OCc1ccccc1)c1ccc([N+](=O)[O-])cc1. The van der Waals surface area contributed by atoms with Gasteiger partial charge in [-0.2, -0.15) is 0 Å². The standard InChI is InChI=1S/C17H16N2O6/c1-12(16(20)21)18(14-7-9-15(10-8-14)19(23)24)17(22)25-11-13-5-3-2-4-6-13/h2-10,12H,11H2,1H3,(H,20,21)/t12-/m0/s1. The molecule has 0 unspecified atom stereocenters. The van der Waals surface area contributed by atoms with E-state index in [2.05, 4.69) is 0 Å². The highest BCUT2D eigenvalue weighted by atomic mass is 16.6. The molecule has 2 aromatic rings. The molecule has 1 amide bonds. The highest BCUT2D eigenvalue weighted by Crippen LogP contribution is 2.22. The number of hydrogen-bond donors (Lipinski definition) is 1. The Morgan fingerprint density at radius 1 is 1.16 bits per heavy atom. The molecule has 25 heavy (non-hydrogen) atoms. The Kier molecular flexibility index (Phi) is 5.67. The number of nitrogens with zero attached hydrogens (tertiary/aromatic N) is 2. The highest BCUT2D eigenvalue weighted by Gasteiger charge is 2.29. The first-order valence-corrected chi connectivity index (χ1v) is 7.37. The summed E-state index contributed by atoms with van der Waals surface area (Å²) in [5.74, 6) is -1.23. The van der Waals surface area contributed by atoms with Crippen LogP contribution in [0.4, 0.5) is 16.2 Å². The van der Waals surface area contributed by atoms with Crippen LogP contribution in [-0.4, -0.2) is 28.1 Å². The largest absolute Gasteiger partial charge is 0.480 e. The number of carboxylic acids is 1. The van der Waals surface area contributed by atoms with Crippen LogP contribution in [0.2, 0.25) is 0 Å². The number of rotatable bonds is 6. The Bertz CT molecular complexity index is 760. The van der Waals surface area contributed by atoms with Crippen LogP contribution in [0.3, 0.4) is 0 Å². The van der Waals surface area contributed by atoms with Crippen molar-refractivity contribution in [3.63, 3.8) is 0 Å². The van der Waals surface area contributed by atoms with Crippen LogP contribution in [-0.2, 0) is 16.1 Å². The van der Waals surface area contributed by atoms with Crippen molar-refractivity contribution in [3.05, 3.63) is 70.3 Å². The molecule has 0 saturated carbocycles. The number of carbonyl (C=O) groups excluding carboxylic acids is 1. The van der Waals surface area contributed by atoms with E-state index in [9.17, 15) is 24.8 Å². The van der Waals surface area contributed by atoms with Crippen LogP contribution in [0.5, 0.6) is 0 Å². The number of nitro benzene ring substituents is 1. The van der Waals surface area contributed by atoms with Gasteiger partial charge in [-0.15, -0.1) is 0 Å². The lowest BCUT2D eigenvalue weighted by atomic mass is 10.2. The van der Waals surface area contributed by atoms with Gasteiger partial charge >= 0.3 is 12.1 Å². The zero-order valence-electron chi connectivity index (χ0n) is 13.4. The summed E-state index contributed by atoms with van der Waals surface area (Å²) in [4.78, 5) is 34.8. The molecule has 0 aromatic heterocycles. The molecule has 8 nitrogen and oxygen atoms in total. The summed E-state index contributed by atoms with van der Waals surface area (Å²) < 4.78 is 5.18. The van der Waals surface area contributed by atoms with Gasteiger partial charge in [0, 0.05) is 17.8 Å². The van der Waals surface area contributed by atoms with E-state index in [1.807, 2.05) is 6.07 Å². The normalized spacial score (nSPS) is 11.4. The second kappa shape index (κ2) is 7.91. The third kappa shape index (κ3) is 4.54. The zero-order valence-corrected chi connectivity index (χ0v) is 13.4. The first-order chi connectivity index (χ1) is 11.9. The van der Waals surface area contributed by atoms with Crippen molar-refractivity contribution in [2.24, 2.45) is 0 Å². The van der Waals surface area contributed by atoms with E-state index in [4.69, 9.17) is 4.74 Å². The number of carboxylic acid groups (broad SMARTS) is 1. The second-order valence-corrected chi connectivity index (χ2v) is 5.20. The predicted molar refractivity (Wildman–Crippen MR) is 89.3 cm³/mol. The third-order valence-corrected chi connectivity index (χ3v) is 3.49. The maximum absolute atomic E-state index is 12.4. The number of amides is 1. The maximum Gasteiger partial charge on any atom is 0.415 e. The van der Waals surface area contributed by atoms with Gasteiger partial charge in [-0.1, -0.05) is 30.3 Å². The third-order valence-electron chi connectivity index (χ3n) is 3.49. The van der Waals surface area contributed by atoms with Gasteiger partial charge in [-0.3, -0.25) is 15.0 Å². The van der Waals surface area contributed by atoms with Crippen LogP contribution in [0, 0.1) is 10.1 Å². The maximum atomic E-state index is 12.4. The summed E-state index contributed by atoms with van der Waals surface area (Å²) in [6.45, 7) is 1.31. The number of aliphatic carboxylic acids is 1. The summed E-state index contributed by atoms with van der Waals surface area (Å²) >= 11 is 0. The number of nitro groups is 1. The van der Waals surface area contributed by atoms with Crippen LogP contribution in [0.15, 0.2) is 54.6 Å². The molecular weight excluding hydrogens is 328 g/mol.